The Morgan fingerprint density at radius 3 is 2.50 bits per heavy atom. The maximum absolute atomic E-state index is 13.2. The Labute approximate surface area is 177 Å². The van der Waals surface area contributed by atoms with Crippen LogP contribution in [-0.2, 0) is 0 Å². The topological polar surface area (TPSA) is 73.7 Å². The minimum absolute atomic E-state index is 0.159. The monoisotopic (exact) mass is 417 g/mol. The van der Waals surface area contributed by atoms with Gasteiger partial charge in [-0.2, -0.15) is 0 Å². The third-order valence-corrected chi connectivity index (χ3v) is 6.51. The van der Waals surface area contributed by atoms with Gasteiger partial charge in [-0.3, -0.25) is 14.5 Å². The lowest BCUT2D eigenvalue weighted by atomic mass is 9.93. The molecule has 3 aromatic carbocycles. The Kier molecular flexibility index (Phi) is 4.30. The molecule has 30 heavy (non-hydrogen) atoms. The van der Waals surface area contributed by atoms with Gasteiger partial charge in [0.05, 0.1) is 21.3 Å². The molecule has 0 bridgehead atoms. The molecule has 150 valence electrons. The maximum Gasteiger partial charge on any atom is 0.261 e. The summed E-state index contributed by atoms with van der Waals surface area (Å²) in [6.07, 6.45) is 0. The van der Waals surface area contributed by atoms with Gasteiger partial charge in [-0.25, -0.2) is 4.98 Å². The predicted octanol–water partition coefficient (Wildman–Crippen LogP) is 3.98. The fourth-order valence-electron chi connectivity index (χ4n) is 3.87. The molecule has 6 nitrogen and oxygen atoms in total. The molecule has 5 rings (SSSR count). The van der Waals surface area contributed by atoms with Crippen molar-refractivity contribution in [2.24, 2.45) is 0 Å². The summed E-state index contributed by atoms with van der Waals surface area (Å²) in [6, 6.07) is 14.4. The number of phenols is 1. The highest BCUT2D eigenvalue weighted by Gasteiger charge is 2.33. The fourth-order valence-corrected chi connectivity index (χ4v) is 4.98. The largest absolute Gasteiger partial charge is 0.507 e. The quantitative estimate of drug-likeness (QED) is 0.509. The molecule has 0 radical (unpaired) electrons. The molecule has 0 fully saturated rings. The van der Waals surface area contributed by atoms with Crippen molar-refractivity contribution in [2.75, 3.05) is 27.2 Å². The van der Waals surface area contributed by atoms with Crippen LogP contribution in [-0.4, -0.2) is 58.9 Å². The lowest BCUT2D eigenvalue weighted by Crippen LogP contribution is -2.43. The number of benzene rings is 3. The van der Waals surface area contributed by atoms with Gasteiger partial charge in [-0.05, 0) is 38.4 Å². The number of amides is 2. The number of rotatable bonds is 4. The van der Waals surface area contributed by atoms with E-state index in [1.54, 1.807) is 24.3 Å². The number of thiazole rings is 1. The number of aromatic nitrogens is 1. The van der Waals surface area contributed by atoms with Crippen LogP contribution in [0.3, 0.4) is 0 Å². The Balaban J connectivity index is 1.73. The van der Waals surface area contributed by atoms with Crippen LogP contribution in [0, 0.1) is 0 Å². The third kappa shape index (κ3) is 2.78. The first-order valence-corrected chi connectivity index (χ1v) is 10.4. The van der Waals surface area contributed by atoms with Crippen molar-refractivity contribution >= 4 is 44.1 Å². The minimum atomic E-state index is -0.287. The Hall–Kier alpha value is -3.29. The first-order chi connectivity index (χ1) is 14.5. The first kappa shape index (κ1) is 18.7. The molecule has 0 spiro atoms. The van der Waals surface area contributed by atoms with Crippen LogP contribution in [0.25, 0.3) is 31.6 Å². The van der Waals surface area contributed by atoms with Crippen molar-refractivity contribution < 1.29 is 14.7 Å². The Morgan fingerprint density at radius 2 is 1.73 bits per heavy atom. The van der Waals surface area contributed by atoms with Crippen LogP contribution in [0.4, 0.5) is 0 Å². The van der Waals surface area contributed by atoms with E-state index >= 15 is 0 Å². The number of aromatic hydroxyl groups is 1. The summed E-state index contributed by atoms with van der Waals surface area (Å²) in [4.78, 5) is 34.3. The molecule has 1 aliphatic heterocycles. The highest BCUT2D eigenvalue weighted by molar-refractivity contribution is 7.22. The van der Waals surface area contributed by atoms with Crippen molar-refractivity contribution in [3.8, 4) is 16.3 Å². The van der Waals surface area contributed by atoms with Crippen LogP contribution in [0.2, 0.25) is 0 Å². The number of para-hydroxylation sites is 1. The van der Waals surface area contributed by atoms with Crippen molar-refractivity contribution in [1.29, 1.82) is 0 Å². The third-order valence-electron chi connectivity index (χ3n) is 5.37. The molecule has 1 N–H and O–H groups in total. The minimum Gasteiger partial charge on any atom is -0.507 e. The average Bonchev–Trinajstić information content (AvgIpc) is 3.16. The molecule has 0 saturated carbocycles. The summed E-state index contributed by atoms with van der Waals surface area (Å²) < 4.78 is 0.899. The molecule has 4 aromatic rings. The summed E-state index contributed by atoms with van der Waals surface area (Å²) in [6.45, 7) is 0.928. The van der Waals surface area contributed by atoms with Gasteiger partial charge in [0, 0.05) is 29.4 Å². The normalized spacial score (nSPS) is 13.8. The van der Waals surface area contributed by atoms with Gasteiger partial charge in [-0.1, -0.05) is 24.3 Å². The summed E-state index contributed by atoms with van der Waals surface area (Å²) >= 11 is 1.45. The van der Waals surface area contributed by atoms with Crippen molar-refractivity contribution in [2.45, 2.75) is 0 Å². The number of imide groups is 1. The average molecular weight is 417 g/mol. The number of phenolic OH excluding ortho intramolecular Hbond substituents is 1. The molecule has 1 aromatic heterocycles. The Morgan fingerprint density at radius 1 is 1.00 bits per heavy atom. The van der Waals surface area contributed by atoms with Gasteiger partial charge in [0.2, 0.25) is 0 Å². The highest BCUT2D eigenvalue weighted by atomic mass is 32.1. The zero-order valence-electron chi connectivity index (χ0n) is 16.5. The zero-order valence-corrected chi connectivity index (χ0v) is 17.4. The molecule has 0 atom stereocenters. The van der Waals surface area contributed by atoms with E-state index in [0.29, 0.717) is 45.7 Å². The van der Waals surface area contributed by atoms with Gasteiger partial charge in [0.1, 0.15) is 10.8 Å². The maximum atomic E-state index is 13.2. The van der Waals surface area contributed by atoms with Crippen molar-refractivity contribution in [1.82, 2.24) is 14.8 Å². The Bertz CT molecular complexity index is 1340. The van der Waals surface area contributed by atoms with E-state index in [0.717, 1.165) is 10.1 Å². The summed E-state index contributed by atoms with van der Waals surface area (Å²) in [5, 5.41) is 12.4. The van der Waals surface area contributed by atoms with E-state index in [2.05, 4.69) is 0 Å². The van der Waals surface area contributed by atoms with Crippen molar-refractivity contribution in [3.63, 3.8) is 0 Å². The molecule has 0 saturated heterocycles. The SMILES string of the molecule is CN(C)CCN1C(=O)c2cccc3c2c(cc2nc(-c4ccccc4O)sc23)C1=O. The summed E-state index contributed by atoms with van der Waals surface area (Å²) in [5.74, 6) is -0.387. The number of hydrogen-bond donors (Lipinski definition) is 1. The van der Waals surface area contributed by atoms with Crippen LogP contribution in [0.15, 0.2) is 48.5 Å². The van der Waals surface area contributed by atoms with E-state index in [4.69, 9.17) is 4.98 Å². The fraction of sp³-hybridized carbons (Fsp3) is 0.174. The second-order valence-electron chi connectivity index (χ2n) is 7.60. The van der Waals surface area contributed by atoms with Crippen LogP contribution in [0.5, 0.6) is 5.75 Å². The lowest BCUT2D eigenvalue weighted by Gasteiger charge is -2.28. The predicted molar refractivity (Wildman–Crippen MR) is 118 cm³/mol. The van der Waals surface area contributed by atoms with Crippen LogP contribution < -0.4 is 0 Å². The molecule has 0 aliphatic carbocycles. The lowest BCUT2D eigenvalue weighted by molar-refractivity contribution is 0.0601. The second-order valence-corrected chi connectivity index (χ2v) is 8.60. The summed E-state index contributed by atoms with van der Waals surface area (Å²) in [7, 11) is 3.82. The number of carbonyl (C=O) groups is 2. The van der Waals surface area contributed by atoms with Gasteiger partial charge in [0.15, 0.2) is 0 Å². The van der Waals surface area contributed by atoms with E-state index in [1.165, 1.54) is 16.2 Å². The van der Waals surface area contributed by atoms with Gasteiger partial charge >= 0.3 is 0 Å². The number of likely N-dealkylation sites (N-methyl/N-ethyl adjacent to an activating group) is 1. The zero-order chi connectivity index (χ0) is 21.0. The molecule has 0 unspecified atom stereocenters. The van der Waals surface area contributed by atoms with Crippen molar-refractivity contribution in [3.05, 3.63) is 59.7 Å². The smallest absolute Gasteiger partial charge is 0.261 e. The number of nitrogens with zero attached hydrogens (tertiary/aromatic N) is 3. The number of carbonyl (C=O) groups excluding carboxylic acids is 2. The summed E-state index contributed by atoms with van der Waals surface area (Å²) in [5.41, 5.74) is 2.38. The number of hydrogen-bond acceptors (Lipinski definition) is 6. The number of fused-ring (bicyclic) bond motifs is 2. The molecule has 2 heterocycles. The molecule has 2 amide bonds. The first-order valence-electron chi connectivity index (χ1n) is 9.61. The molecular formula is C23H19N3O3S. The standard InChI is InChI=1S/C23H19N3O3S/c1-25(2)10-11-26-22(28)15-8-5-7-14-19(15)16(23(26)29)12-17-20(14)30-21(24-17)13-6-3-4-9-18(13)27/h3-9,12,27H,10-11H2,1-2H3. The van der Waals surface area contributed by atoms with Crippen LogP contribution >= 0.6 is 11.3 Å². The molecule has 7 heteroatoms. The van der Waals surface area contributed by atoms with E-state index in [9.17, 15) is 14.7 Å². The molecule has 1 aliphatic rings. The highest BCUT2D eigenvalue weighted by Crippen LogP contribution is 2.41. The van der Waals surface area contributed by atoms with E-state index in [1.807, 2.05) is 43.3 Å². The van der Waals surface area contributed by atoms with Gasteiger partial charge in [0.25, 0.3) is 11.8 Å². The van der Waals surface area contributed by atoms with E-state index in [-0.39, 0.29) is 17.6 Å². The van der Waals surface area contributed by atoms with E-state index < -0.39 is 0 Å². The van der Waals surface area contributed by atoms with Crippen LogP contribution in [0.1, 0.15) is 20.7 Å². The molecular weight excluding hydrogens is 398 g/mol. The van der Waals surface area contributed by atoms with Gasteiger partial charge < -0.3 is 10.0 Å². The van der Waals surface area contributed by atoms with Gasteiger partial charge in [-0.15, -0.1) is 11.3 Å². The second kappa shape index (κ2) is 6.90.